The number of rotatable bonds is 4. The van der Waals surface area contributed by atoms with Gasteiger partial charge in [0.05, 0.1) is 0 Å². The summed E-state index contributed by atoms with van der Waals surface area (Å²) in [5.41, 5.74) is 10.7. The van der Waals surface area contributed by atoms with Crippen molar-refractivity contribution >= 4 is 5.84 Å². The normalized spacial score (nSPS) is 10.3. The van der Waals surface area contributed by atoms with Crippen molar-refractivity contribution in [3.8, 4) is 5.75 Å². The van der Waals surface area contributed by atoms with E-state index >= 15 is 0 Å². The molecule has 3 N–H and O–H groups in total. The van der Waals surface area contributed by atoms with Gasteiger partial charge in [-0.2, -0.15) is 0 Å². The standard InChI is InChI=1S/C17H20N2O/c1-11-6-4-5-7-14(11)10-20-16-12(2)8-15(17(18)19)9-13(16)3/h4-9H,10H2,1-3H3,(H3,18,19). The fraction of sp³-hybridized carbons (Fsp3) is 0.235. The molecule has 2 aromatic carbocycles. The highest BCUT2D eigenvalue weighted by molar-refractivity contribution is 5.95. The number of aryl methyl sites for hydroxylation is 3. The second-order valence-corrected chi connectivity index (χ2v) is 5.07. The van der Waals surface area contributed by atoms with Crippen LogP contribution in [-0.4, -0.2) is 5.84 Å². The van der Waals surface area contributed by atoms with Gasteiger partial charge in [0.15, 0.2) is 0 Å². The van der Waals surface area contributed by atoms with Crippen LogP contribution >= 0.6 is 0 Å². The molecule has 20 heavy (non-hydrogen) atoms. The number of hydrogen-bond acceptors (Lipinski definition) is 2. The van der Waals surface area contributed by atoms with E-state index in [9.17, 15) is 0 Å². The molecule has 0 fully saturated rings. The Balaban J connectivity index is 2.22. The molecule has 104 valence electrons. The largest absolute Gasteiger partial charge is 0.488 e. The third-order valence-electron chi connectivity index (χ3n) is 3.40. The highest BCUT2D eigenvalue weighted by Gasteiger charge is 2.09. The number of amidine groups is 1. The Morgan fingerprint density at radius 1 is 1.05 bits per heavy atom. The molecule has 0 bridgehead atoms. The molecule has 0 saturated heterocycles. The number of nitrogens with two attached hydrogens (primary N) is 1. The lowest BCUT2D eigenvalue weighted by Gasteiger charge is -2.14. The first-order chi connectivity index (χ1) is 9.49. The lowest BCUT2D eigenvalue weighted by Crippen LogP contribution is -2.12. The molecule has 0 saturated carbocycles. The maximum Gasteiger partial charge on any atom is 0.125 e. The van der Waals surface area contributed by atoms with E-state index in [0.717, 1.165) is 22.4 Å². The van der Waals surface area contributed by atoms with E-state index in [4.69, 9.17) is 15.9 Å². The Hall–Kier alpha value is -2.29. The Bertz CT molecular complexity index is 624. The zero-order chi connectivity index (χ0) is 14.7. The van der Waals surface area contributed by atoms with Crippen molar-refractivity contribution in [2.24, 2.45) is 5.73 Å². The summed E-state index contributed by atoms with van der Waals surface area (Å²) in [7, 11) is 0. The van der Waals surface area contributed by atoms with Crippen LogP contribution < -0.4 is 10.5 Å². The molecule has 0 spiro atoms. The van der Waals surface area contributed by atoms with Crippen molar-refractivity contribution in [3.63, 3.8) is 0 Å². The Morgan fingerprint density at radius 3 is 2.20 bits per heavy atom. The van der Waals surface area contributed by atoms with Crippen LogP contribution in [0.15, 0.2) is 36.4 Å². The number of nitrogens with one attached hydrogen (secondary N) is 1. The van der Waals surface area contributed by atoms with Crippen LogP contribution in [0.25, 0.3) is 0 Å². The second-order valence-electron chi connectivity index (χ2n) is 5.07. The Morgan fingerprint density at radius 2 is 1.65 bits per heavy atom. The summed E-state index contributed by atoms with van der Waals surface area (Å²) in [4.78, 5) is 0. The highest BCUT2D eigenvalue weighted by Crippen LogP contribution is 2.26. The van der Waals surface area contributed by atoms with Gasteiger partial charge in [-0.15, -0.1) is 0 Å². The van der Waals surface area contributed by atoms with Crippen LogP contribution in [0.5, 0.6) is 5.75 Å². The van der Waals surface area contributed by atoms with E-state index in [1.807, 2.05) is 38.1 Å². The molecule has 2 rings (SSSR count). The molecule has 0 heterocycles. The fourth-order valence-corrected chi connectivity index (χ4v) is 2.26. The molecule has 0 unspecified atom stereocenters. The minimum absolute atomic E-state index is 0.0849. The fourth-order valence-electron chi connectivity index (χ4n) is 2.26. The maximum absolute atomic E-state index is 7.50. The van der Waals surface area contributed by atoms with Crippen molar-refractivity contribution < 1.29 is 4.74 Å². The quantitative estimate of drug-likeness (QED) is 0.659. The van der Waals surface area contributed by atoms with Crippen molar-refractivity contribution in [3.05, 3.63) is 64.2 Å². The molecule has 0 amide bonds. The summed E-state index contributed by atoms with van der Waals surface area (Å²) < 4.78 is 5.96. The second kappa shape index (κ2) is 5.78. The van der Waals surface area contributed by atoms with Gasteiger partial charge in [0.25, 0.3) is 0 Å². The van der Waals surface area contributed by atoms with Crippen molar-refractivity contribution in [2.75, 3.05) is 0 Å². The van der Waals surface area contributed by atoms with Crippen LogP contribution in [-0.2, 0) is 6.61 Å². The lowest BCUT2D eigenvalue weighted by molar-refractivity contribution is 0.301. The smallest absolute Gasteiger partial charge is 0.125 e. The average molecular weight is 268 g/mol. The molecule has 2 aromatic rings. The van der Waals surface area contributed by atoms with E-state index in [-0.39, 0.29) is 5.84 Å². The van der Waals surface area contributed by atoms with Gasteiger partial charge in [-0.3, -0.25) is 5.41 Å². The third-order valence-corrected chi connectivity index (χ3v) is 3.40. The summed E-state index contributed by atoms with van der Waals surface area (Å²) in [5.74, 6) is 0.958. The molecular formula is C17H20N2O. The molecule has 0 aliphatic rings. The van der Waals surface area contributed by atoms with Crippen molar-refractivity contribution in [1.82, 2.24) is 0 Å². The summed E-state index contributed by atoms with van der Waals surface area (Å²) in [6.45, 7) is 6.59. The van der Waals surface area contributed by atoms with Crippen LogP contribution in [0.3, 0.4) is 0 Å². The number of benzene rings is 2. The minimum atomic E-state index is 0.0849. The number of nitrogen functional groups attached to an aromatic ring is 1. The number of hydrogen-bond donors (Lipinski definition) is 2. The molecule has 0 atom stereocenters. The molecule has 3 heteroatoms. The number of ether oxygens (including phenoxy) is 1. The first-order valence-corrected chi connectivity index (χ1v) is 6.62. The molecule has 0 aliphatic heterocycles. The van der Waals surface area contributed by atoms with Gasteiger partial charge in [-0.05, 0) is 55.2 Å². The van der Waals surface area contributed by atoms with Gasteiger partial charge >= 0.3 is 0 Å². The monoisotopic (exact) mass is 268 g/mol. The molecule has 0 radical (unpaired) electrons. The minimum Gasteiger partial charge on any atom is -0.488 e. The van der Waals surface area contributed by atoms with E-state index in [2.05, 4.69) is 19.1 Å². The zero-order valence-corrected chi connectivity index (χ0v) is 12.2. The first kappa shape index (κ1) is 14.1. The van der Waals surface area contributed by atoms with E-state index < -0.39 is 0 Å². The van der Waals surface area contributed by atoms with Crippen LogP contribution in [0.2, 0.25) is 0 Å². The van der Waals surface area contributed by atoms with Crippen LogP contribution in [0, 0.1) is 26.2 Å². The lowest BCUT2D eigenvalue weighted by atomic mass is 10.0. The van der Waals surface area contributed by atoms with Gasteiger partial charge in [0.2, 0.25) is 0 Å². The average Bonchev–Trinajstić information content (AvgIpc) is 2.39. The Kier molecular flexibility index (Phi) is 4.08. The van der Waals surface area contributed by atoms with Gasteiger partial charge < -0.3 is 10.5 Å². The van der Waals surface area contributed by atoms with E-state index in [0.29, 0.717) is 6.61 Å². The van der Waals surface area contributed by atoms with Gasteiger partial charge in [0, 0.05) is 5.56 Å². The topological polar surface area (TPSA) is 59.1 Å². The van der Waals surface area contributed by atoms with Crippen LogP contribution in [0.1, 0.15) is 27.8 Å². The van der Waals surface area contributed by atoms with Crippen LogP contribution in [0.4, 0.5) is 0 Å². The van der Waals surface area contributed by atoms with E-state index in [1.165, 1.54) is 11.1 Å². The molecule has 0 aliphatic carbocycles. The third kappa shape index (κ3) is 2.99. The highest BCUT2D eigenvalue weighted by atomic mass is 16.5. The summed E-state index contributed by atoms with van der Waals surface area (Å²) >= 11 is 0. The van der Waals surface area contributed by atoms with Crippen molar-refractivity contribution in [2.45, 2.75) is 27.4 Å². The molecule has 0 aromatic heterocycles. The van der Waals surface area contributed by atoms with Gasteiger partial charge in [-0.1, -0.05) is 24.3 Å². The van der Waals surface area contributed by atoms with Gasteiger partial charge in [-0.25, -0.2) is 0 Å². The maximum atomic E-state index is 7.50. The summed E-state index contributed by atoms with van der Waals surface area (Å²) in [6.07, 6.45) is 0. The van der Waals surface area contributed by atoms with E-state index in [1.54, 1.807) is 0 Å². The molecular weight excluding hydrogens is 248 g/mol. The summed E-state index contributed by atoms with van der Waals surface area (Å²) in [6, 6.07) is 12.0. The zero-order valence-electron chi connectivity index (χ0n) is 12.2. The van der Waals surface area contributed by atoms with Gasteiger partial charge in [0.1, 0.15) is 18.2 Å². The Labute approximate surface area is 119 Å². The van der Waals surface area contributed by atoms with Crippen molar-refractivity contribution in [1.29, 1.82) is 5.41 Å². The molecule has 3 nitrogen and oxygen atoms in total. The first-order valence-electron chi connectivity index (χ1n) is 6.62. The summed E-state index contributed by atoms with van der Waals surface area (Å²) in [5, 5.41) is 7.50. The SMILES string of the molecule is Cc1ccccc1COc1c(C)cc(C(=N)N)cc1C. The predicted molar refractivity (Wildman–Crippen MR) is 82.4 cm³/mol. The predicted octanol–water partition coefficient (Wildman–Crippen LogP) is 3.47.